The number of amides is 1. The Morgan fingerprint density at radius 1 is 1.47 bits per heavy atom. The number of piperazine rings is 1. The molecule has 1 saturated carbocycles. The third-order valence-corrected chi connectivity index (χ3v) is 3.70. The van der Waals surface area contributed by atoms with Crippen molar-refractivity contribution in [2.75, 3.05) is 13.1 Å². The van der Waals surface area contributed by atoms with Crippen LogP contribution < -0.4 is 5.32 Å². The van der Waals surface area contributed by atoms with Crippen molar-refractivity contribution in [3.05, 3.63) is 0 Å². The summed E-state index contributed by atoms with van der Waals surface area (Å²) < 4.78 is 0. The Hall–Kier alpha value is -0.570. The van der Waals surface area contributed by atoms with Gasteiger partial charge in [-0.2, -0.15) is 0 Å². The van der Waals surface area contributed by atoms with Crippen LogP contribution in [0.15, 0.2) is 0 Å². The van der Waals surface area contributed by atoms with Gasteiger partial charge in [-0.25, -0.2) is 0 Å². The number of hydrogen-bond donors (Lipinski definition) is 1. The molecule has 0 spiro atoms. The summed E-state index contributed by atoms with van der Waals surface area (Å²) in [6.07, 6.45) is 6.64. The Kier molecular flexibility index (Phi) is 3.62. The molecule has 2 unspecified atom stereocenters. The Morgan fingerprint density at radius 3 is 3.13 bits per heavy atom. The van der Waals surface area contributed by atoms with E-state index in [1.165, 1.54) is 19.3 Å². The van der Waals surface area contributed by atoms with Gasteiger partial charge in [-0.05, 0) is 25.7 Å². The molecule has 3 nitrogen and oxygen atoms in total. The van der Waals surface area contributed by atoms with Crippen LogP contribution in [0.1, 0.15) is 45.4 Å². The lowest BCUT2D eigenvalue weighted by Gasteiger charge is -2.38. The number of carbonyl (C=O) groups is 1. The first-order chi connectivity index (χ1) is 7.33. The summed E-state index contributed by atoms with van der Waals surface area (Å²) in [4.78, 5) is 14.1. The summed E-state index contributed by atoms with van der Waals surface area (Å²) in [5.74, 6) is 0.384. The molecule has 0 aromatic heterocycles. The average Bonchev–Trinajstić information content (AvgIpc) is 2.73. The Bertz CT molecular complexity index is 230. The molecular weight excluding hydrogens is 188 g/mol. The number of carbonyl (C=O) groups excluding carboxylic acids is 1. The van der Waals surface area contributed by atoms with Gasteiger partial charge in [-0.1, -0.05) is 13.3 Å². The van der Waals surface area contributed by atoms with Gasteiger partial charge in [0.15, 0.2) is 0 Å². The zero-order chi connectivity index (χ0) is 10.7. The third kappa shape index (κ3) is 2.33. The minimum atomic E-state index is 0.384. The number of fused-ring (bicyclic) bond motifs is 1. The lowest BCUT2D eigenvalue weighted by atomic mass is 10.1. The number of nitrogens with one attached hydrogen (secondary N) is 1. The Labute approximate surface area is 92.2 Å². The van der Waals surface area contributed by atoms with Crippen LogP contribution in [-0.4, -0.2) is 36.0 Å². The molecule has 0 aromatic carbocycles. The van der Waals surface area contributed by atoms with Crippen molar-refractivity contribution in [3.8, 4) is 0 Å². The maximum Gasteiger partial charge on any atom is 0.222 e. The first kappa shape index (κ1) is 10.9. The van der Waals surface area contributed by atoms with Gasteiger partial charge in [-0.15, -0.1) is 0 Å². The van der Waals surface area contributed by atoms with E-state index in [9.17, 15) is 4.79 Å². The molecule has 1 saturated heterocycles. The van der Waals surface area contributed by atoms with E-state index in [-0.39, 0.29) is 0 Å². The van der Waals surface area contributed by atoms with E-state index in [2.05, 4.69) is 17.1 Å². The molecule has 0 aromatic rings. The first-order valence-electron chi connectivity index (χ1n) is 6.35. The van der Waals surface area contributed by atoms with Crippen LogP contribution in [0, 0.1) is 0 Å². The van der Waals surface area contributed by atoms with Crippen LogP contribution in [0.2, 0.25) is 0 Å². The second kappa shape index (κ2) is 4.97. The van der Waals surface area contributed by atoms with Crippen LogP contribution >= 0.6 is 0 Å². The zero-order valence-electron chi connectivity index (χ0n) is 9.67. The predicted molar refractivity (Wildman–Crippen MR) is 60.7 cm³/mol. The van der Waals surface area contributed by atoms with Crippen LogP contribution in [0.3, 0.4) is 0 Å². The predicted octanol–water partition coefficient (Wildman–Crippen LogP) is 1.53. The van der Waals surface area contributed by atoms with Crippen molar-refractivity contribution in [1.29, 1.82) is 0 Å². The number of nitrogens with zero attached hydrogens (tertiary/aromatic N) is 1. The second-order valence-corrected chi connectivity index (χ2v) is 4.75. The van der Waals surface area contributed by atoms with Gasteiger partial charge in [0.1, 0.15) is 0 Å². The molecule has 2 fully saturated rings. The quantitative estimate of drug-likeness (QED) is 0.766. The monoisotopic (exact) mass is 210 g/mol. The van der Waals surface area contributed by atoms with Crippen LogP contribution in [-0.2, 0) is 4.79 Å². The van der Waals surface area contributed by atoms with E-state index >= 15 is 0 Å². The smallest absolute Gasteiger partial charge is 0.222 e. The summed E-state index contributed by atoms with van der Waals surface area (Å²) in [6, 6.07) is 1.09. The SMILES string of the molecule is CCCCC(=O)N1CCNC2CCCC21. The molecule has 0 radical (unpaired) electrons. The maximum atomic E-state index is 12.0. The molecule has 1 amide bonds. The van der Waals surface area contributed by atoms with Crippen LogP contribution in [0.5, 0.6) is 0 Å². The van der Waals surface area contributed by atoms with Crippen molar-refractivity contribution in [2.24, 2.45) is 0 Å². The molecule has 86 valence electrons. The molecule has 1 aliphatic carbocycles. The molecule has 1 heterocycles. The molecule has 2 rings (SSSR count). The van der Waals surface area contributed by atoms with Gasteiger partial charge in [0.05, 0.1) is 0 Å². The topological polar surface area (TPSA) is 32.3 Å². The molecule has 1 N–H and O–H groups in total. The van der Waals surface area contributed by atoms with Gasteiger partial charge in [0, 0.05) is 31.6 Å². The van der Waals surface area contributed by atoms with Gasteiger partial charge in [0.25, 0.3) is 0 Å². The molecule has 3 heteroatoms. The fourth-order valence-electron chi connectivity index (χ4n) is 2.87. The molecule has 1 aliphatic heterocycles. The van der Waals surface area contributed by atoms with E-state index in [0.29, 0.717) is 18.0 Å². The molecular formula is C12H22N2O. The summed E-state index contributed by atoms with van der Waals surface area (Å²) in [5, 5.41) is 3.53. The normalized spacial score (nSPS) is 30.3. The maximum absolute atomic E-state index is 12.0. The molecule has 0 bridgehead atoms. The minimum Gasteiger partial charge on any atom is -0.337 e. The molecule has 15 heavy (non-hydrogen) atoms. The number of rotatable bonds is 3. The minimum absolute atomic E-state index is 0.384. The largest absolute Gasteiger partial charge is 0.337 e. The van der Waals surface area contributed by atoms with E-state index in [1.54, 1.807) is 0 Å². The van der Waals surface area contributed by atoms with Crippen LogP contribution in [0.25, 0.3) is 0 Å². The highest BCUT2D eigenvalue weighted by molar-refractivity contribution is 5.76. The van der Waals surface area contributed by atoms with Gasteiger partial charge in [-0.3, -0.25) is 4.79 Å². The Balaban J connectivity index is 1.92. The number of unbranched alkanes of at least 4 members (excludes halogenated alkanes) is 1. The first-order valence-corrected chi connectivity index (χ1v) is 6.35. The van der Waals surface area contributed by atoms with Gasteiger partial charge in [0.2, 0.25) is 5.91 Å². The summed E-state index contributed by atoms with van der Waals surface area (Å²) >= 11 is 0. The van der Waals surface area contributed by atoms with Gasteiger partial charge >= 0.3 is 0 Å². The summed E-state index contributed by atoms with van der Waals surface area (Å²) in [6.45, 7) is 4.05. The van der Waals surface area contributed by atoms with Crippen molar-refractivity contribution in [3.63, 3.8) is 0 Å². The van der Waals surface area contributed by atoms with E-state index in [1.807, 2.05) is 0 Å². The molecule has 2 aliphatic rings. The lowest BCUT2D eigenvalue weighted by molar-refractivity contribution is -0.135. The fraction of sp³-hybridized carbons (Fsp3) is 0.917. The van der Waals surface area contributed by atoms with E-state index < -0.39 is 0 Å². The highest BCUT2D eigenvalue weighted by atomic mass is 16.2. The zero-order valence-corrected chi connectivity index (χ0v) is 9.67. The summed E-state index contributed by atoms with van der Waals surface area (Å²) in [5.41, 5.74) is 0. The van der Waals surface area contributed by atoms with Crippen molar-refractivity contribution < 1.29 is 4.79 Å². The average molecular weight is 210 g/mol. The highest BCUT2D eigenvalue weighted by Gasteiger charge is 2.36. The highest BCUT2D eigenvalue weighted by Crippen LogP contribution is 2.27. The lowest BCUT2D eigenvalue weighted by Crippen LogP contribution is -2.57. The van der Waals surface area contributed by atoms with Crippen LogP contribution in [0.4, 0.5) is 0 Å². The number of hydrogen-bond acceptors (Lipinski definition) is 2. The Morgan fingerprint density at radius 2 is 2.33 bits per heavy atom. The summed E-state index contributed by atoms with van der Waals surface area (Å²) in [7, 11) is 0. The molecule has 2 atom stereocenters. The van der Waals surface area contributed by atoms with Crippen molar-refractivity contribution in [2.45, 2.75) is 57.5 Å². The third-order valence-electron chi connectivity index (χ3n) is 3.70. The van der Waals surface area contributed by atoms with Crippen molar-refractivity contribution >= 4 is 5.91 Å². The second-order valence-electron chi connectivity index (χ2n) is 4.75. The fourth-order valence-corrected chi connectivity index (χ4v) is 2.87. The van der Waals surface area contributed by atoms with Gasteiger partial charge < -0.3 is 10.2 Å². The standard InChI is InChI=1S/C12H22N2O/c1-2-3-7-12(15)14-9-8-13-10-5-4-6-11(10)14/h10-11,13H,2-9H2,1H3. The van der Waals surface area contributed by atoms with Crippen molar-refractivity contribution in [1.82, 2.24) is 10.2 Å². The van der Waals surface area contributed by atoms with E-state index in [4.69, 9.17) is 0 Å². The van der Waals surface area contributed by atoms with E-state index in [0.717, 1.165) is 32.4 Å².